The van der Waals surface area contributed by atoms with Crippen LogP contribution in [0.2, 0.25) is 0 Å². The lowest BCUT2D eigenvalue weighted by Crippen LogP contribution is -2.40. The number of hydrogen-bond acceptors (Lipinski definition) is 3. The predicted octanol–water partition coefficient (Wildman–Crippen LogP) is 1.88. The van der Waals surface area contributed by atoms with Gasteiger partial charge in [0.15, 0.2) is 0 Å². The highest BCUT2D eigenvalue weighted by molar-refractivity contribution is 5.40. The molecule has 15 heavy (non-hydrogen) atoms. The van der Waals surface area contributed by atoms with Crippen LogP contribution in [0.4, 0.5) is 5.69 Å². The fourth-order valence-corrected chi connectivity index (χ4v) is 1.90. The quantitative estimate of drug-likeness (QED) is 0.804. The highest BCUT2D eigenvalue weighted by Gasteiger charge is 2.29. The second kappa shape index (κ2) is 4.66. The van der Waals surface area contributed by atoms with Crippen LogP contribution < -0.4 is 5.32 Å². The first-order valence-electron chi connectivity index (χ1n) is 5.72. The summed E-state index contributed by atoms with van der Waals surface area (Å²) in [7, 11) is 0. The van der Waals surface area contributed by atoms with Crippen molar-refractivity contribution in [1.82, 2.24) is 9.78 Å². The average Bonchev–Trinajstić information content (AvgIpc) is 2.62. The minimum absolute atomic E-state index is 0.466. The van der Waals surface area contributed by atoms with Crippen molar-refractivity contribution in [3.63, 3.8) is 0 Å². The molecule has 1 aliphatic carbocycles. The van der Waals surface area contributed by atoms with Gasteiger partial charge in [0.1, 0.15) is 0 Å². The molecule has 4 nitrogen and oxygen atoms in total. The van der Waals surface area contributed by atoms with Gasteiger partial charge in [-0.2, -0.15) is 5.10 Å². The lowest BCUT2D eigenvalue weighted by atomic mass is 9.89. The molecule has 0 saturated heterocycles. The zero-order chi connectivity index (χ0) is 10.7. The van der Waals surface area contributed by atoms with Crippen LogP contribution >= 0.6 is 0 Å². The Kier molecular flexibility index (Phi) is 3.26. The van der Waals surface area contributed by atoms with E-state index in [-0.39, 0.29) is 0 Å². The summed E-state index contributed by atoms with van der Waals surface area (Å²) in [5.74, 6) is 0. The number of aromatic nitrogens is 2. The van der Waals surface area contributed by atoms with Gasteiger partial charge in [-0.3, -0.25) is 4.68 Å². The van der Waals surface area contributed by atoms with Crippen LogP contribution in [-0.2, 0) is 11.3 Å². The maximum Gasteiger partial charge on any atom is 0.0728 e. The standard InChI is InChI=1S/C11H19N3O/c1-3-14-8-10(7-12-14)13-9-5-11(6-9)15-4-2/h7-9,11,13H,3-6H2,1-2H3. The van der Waals surface area contributed by atoms with Gasteiger partial charge in [0.2, 0.25) is 0 Å². The molecular weight excluding hydrogens is 190 g/mol. The molecule has 1 aromatic rings. The summed E-state index contributed by atoms with van der Waals surface area (Å²) < 4.78 is 7.44. The molecule has 1 heterocycles. The third kappa shape index (κ3) is 2.50. The van der Waals surface area contributed by atoms with Crippen molar-refractivity contribution in [1.29, 1.82) is 0 Å². The molecule has 0 aromatic carbocycles. The molecule has 4 heteroatoms. The van der Waals surface area contributed by atoms with Gasteiger partial charge in [-0.15, -0.1) is 0 Å². The number of ether oxygens (including phenoxy) is 1. The summed E-state index contributed by atoms with van der Waals surface area (Å²) in [6.45, 7) is 5.89. The molecule has 1 N–H and O–H groups in total. The zero-order valence-electron chi connectivity index (χ0n) is 9.44. The van der Waals surface area contributed by atoms with Gasteiger partial charge in [0.05, 0.1) is 18.0 Å². The second-order valence-corrected chi connectivity index (χ2v) is 3.97. The van der Waals surface area contributed by atoms with E-state index in [1.807, 2.05) is 24.0 Å². The smallest absolute Gasteiger partial charge is 0.0728 e. The Hall–Kier alpha value is -1.03. The first-order chi connectivity index (χ1) is 7.31. The third-order valence-electron chi connectivity index (χ3n) is 2.83. The fraction of sp³-hybridized carbons (Fsp3) is 0.727. The molecular formula is C11H19N3O. The van der Waals surface area contributed by atoms with E-state index in [0.717, 1.165) is 31.7 Å². The number of nitrogens with one attached hydrogen (secondary N) is 1. The number of aryl methyl sites for hydroxylation is 1. The maximum atomic E-state index is 5.51. The van der Waals surface area contributed by atoms with Crippen LogP contribution in [0.15, 0.2) is 12.4 Å². The topological polar surface area (TPSA) is 39.1 Å². The van der Waals surface area contributed by atoms with E-state index in [2.05, 4.69) is 17.3 Å². The highest BCUT2D eigenvalue weighted by atomic mass is 16.5. The van der Waals surface area contributed by atoms with Gasteiger partial charge in [-0.1, -0.05) is 0 Å². The summed E-state index contributed by atoms with van der Waals surface area (Å²) in [5, 5.41) is 7.68. The molecule has 0 spiro atoms. The van der Waals surface area contributed by atoms with E-state index in [4.69, 9.17) is 4.74 Å². The molecule has 1 aromatic heterocycles. The van der Waals surface area contributed by atoms with E-state index in [9.17, 15) is 0 Å². The zero-order valence-corrected chi connectivity index (χ0v) is 9.44. The maximum absolute atomic E-state index is 5.51. The van der Waals surface area contributed by atoms with Gasteiger partial charge in [0, 0.05) is 25.4 Å². The first-order valence-corrected chi connectivity index (χ1v) is 5.72. The van der Waals surface area contributed by atoms with Crippen molar-refractivity contribution in [2.45, 2.75) is 45.4 Å². The summed E-state index contributed by atoms with van der Waals surface area (Å²) in [6.07, 6.45) is 6.63. The lowest BCUT2D eigenvalue weighted by molar-refractivity contribution is 0.00299. The van der Waals surface area contributed by atoms with Gasteiger partial charge in [-0.25, -0.2) is 0 Å². The van der Waals surface area contributed by atoms with E-state index in [1.54, 1.807) is 0 Å². The molecule has 2 rings (SSSR count). The summed E-state index contributed by atoms with van der Waals surface area (Å²) >= 11 is 0. The lowest BCUT2D eigenvalue weighted by Gasteiger charge is -2.35. The van der Waals surface area contributed by atoms with Gasteiger partial charge >= 0.3 is 0 Å². The van der Waals surface area contributed by atoms with Crippen LogP contribution in [0.3, 0.4) is 0 Å². The fourth-order valence-electron chi connectivity index (χ4n) is 1.90. The molecule has 0 atom stereocenters. The Morgan fingerprint density at radius 1 is 1.53 bits per heavy atom. The van der Waals surface area contributed by atoms with Crippen molar-refractivity contribution in [3.8, 4) is 0 Å². The van der Waals surface area contributed by atoms with Crippen LogP contribution in [0.25, 0.3) is 0 Å². The minimum atomic E-state index is 0.466. The number of hydrogen-bond donors (Lipinski definition) is 1. The number of rotatable bonds is 5. The van der Waals surface area contributed by atoms with E-state index < -0.39 is 0 Å². The Balaban J connectivity index is 1.75. The SMILES string of the molecule is CCOC1CC(Nc2cnn(CC)c2)C1. The van der Waals surface area contributed by atoms with E-state index in [0.29, 0.717) is 12.1 Å². The molecule has 0 amide bonds. The average molecular weight is 209 g/mol. The Morgan fingerprint density at radius 2 is 2.33 bits per heavy atom. The Morgan fingerprint density at radius 3 is 2.93 bits per heavy atom. The second-order valence-electron chi connectivity index (χ2n) is 3.97. The predicted molar refractivity (Wildman–Crippen MR) is 60.0 cm³/mol. The van der Waals surface area contributed by atoms with Crippen LogP contribution in [0, 0.1) is 0 Å². The van der Waals surface area contributed by atoms with Gasteiger partial charge in [-0.05, 0) is 26.7 Å². The molecule has 1 fully saturated rings. The van der Waals surface area contributed by atoms with Gasteiger partial charge < -0.3 is 10.1 Å². The van der Waals surface area contributed by atoms with Gasteiger partial charge in [0.25, 0.3) is 0 Å². The van der Waals surface area contributed by atoms with Crippen molar-refractivity contribution < 1.29 is 4.74 Å². The number of nitrogens with zero attached hydrogens (tertiary/aromatic N) is 2. The monoisotopic (exact) mass is 209 g/mol. The van der Waals surface area contributed by atoms with Crippen molar-refractivity contribution >= 4 is 5.69 Å². The molecule has 84 valence electrons. The molecule has 1 aliphatic rings. The molecule has 0 aliphatic heterocycles. The van der Waals surface area contributed by atoms with Crippen LogP contribution in [-0.4, -0.2) is 28.5 Å². The number of anilines is 1. The van der Waals surface area contributed by atoms with Crippen LogP contribution in [0.1, 0.15) is 26.7 Å². The summed E-state index contributed by atoms with van der Waals surface area (Å²) in [5.41, 5.74) is 1.12. The summed E-state index contributed by atoms with van der Waals surface area (Å²) in [6, 6.07) is 0.566. The van der Waals surface area contributed by atoms with Crippen molar-refractivity contribution in [2.24, 2.45) is 0 Å². The van der Waals surface area contributed by atoms with Crippen molar-refractivity contribution in [2.75, 3.05) is 11.9 Å². The Bertz CT molecular complexity index is 305. The molecule has 1 saturated carbocycles. The molecule has 0 unspecified atom stereocenters. The highest BCUT2D eigenvalue weighted by Crippen LogP contribution is 2.26. The Labute approximate surface area is 90.6 Å². The summed E-state index contributed by atoms with van der Waals surface area (Å²) in [4.78, 5) is 0. The molecule has 0 radical (unpaired) electrons. The normalized spacial score (nSPS) is 24.9. The first kappa shape index (κ1) is 10.5. The van der Waals surface area contributed by atoms with Crippen LogP contribution in [0.5, 0.6) is 0 Å². The van der Waals surface area contributed by atoms with E-state index in [1.165, 1.54) is 0 Å². The van der Waals surface area contributed by atoms with E-state index >= 15 is 0 Å². The third-order valence-corrected chi connectivity index (χ3v) is 2.83. The van der Waals surface area contributed by atoms with Crippen molar-refractivity contribution in [3.05, 3.63) is 12.4 Å². The largest absolute Gasteiger partial charge is 0.380 e. The minimum Gasteiger partial charge on any atom is -0.380 e. The molecule has 0 bridgehead atoms.